The van der Waals surface area contributed by atoms with Gasteiger partial charge in [-0.05, 0) is 37.7 Å². The topological polar surface area (TPSA) is 42.0 Å². The summed E-state index contributed by atoms with van der Waals surface area (Å²) in [6, 6.07) is 3.55. The van der Waals surface area contributed by atoms with E-state index in [1.54, 1.807) is 0 Å². The molecule has 3 rings (SSSR count). The molecule has 1 heterocycles. The van der Waals surface area contributed by atoms with Crippen LogP contribution < -0.4 is 5.32 Å². The van der Waals surface area contributed by atoms with Crippen LogP contribution in [-0.2, 0) is 0 Å². The first-order valence-corrected chi connectivity index (χ1v) is 7.58. The molecule has 0 aliphatic heterocycles. The van der Waals surface area contributed by atoms with Crippen LogP contribution in [0.5, 0.6) is 0 Å². The first kappa shape index (κ1) is 14.9. The summed E-state index contributed by atoms with van der Waals surface area (Å²) in [4.78, 5) is 16.3. The quantitative estimate of drug-likeness (QED) is 0.916. The van der Waals surface area contributed by atoms with Crippen molar-refractivity contribution in [3.8, 4) is 0 Å². The molecule has 0 atom stereocenters. The van der Waals surface area contributed by atoms with Crippen LogP contribution in [0.2, 0.25) is 0 Å². The van der Waals surface area contributed by atoms with E-state index in [-0.39, 0.29) is 22.9 Å². The molecule has 0 radical (unpaired) electrons. The molecule has 3 nitrogen and oxygen atoms in total. The zero-order valence-electron chi connectivity index (χ0n) is 12.4. The molecular formula is C17H18F2N2O. The zero-order chi connectivity index (χ0) is 15.7. The van der Waals surface area contributed by atoms with Gasteiger partial charge in [0.1, 0.15) is 11.6 Å². The molecule has 1 N–H and O–H groups in total. The number of hydrogen-bond acceptors (Lipinski definition) is 2. The monoisotopic (exact) mass is 304 g/mol. The number of pyridine rings is 1. The van der Waals surface area contributed by atoms with Gasteiger partial charge in [-0.15, -0.1) is 0 Å². The van der Waals surface area contributed by atoms with Crippen LogP contribution in [0.25, 0.3) is 10.9 Å². The molecule has 1 aromatic heterocycles. The van der Waals surface area contributed by atoms with Crippen LogP contribution in [0, 0.1) is 17.6 Å². The summed E-state index contributed by atoms with van der Waals surface area (Å²) in [5.41, 5.74) is 0.511. The van der Waals surface area contributed by atoms with Crippen molar-refractivity contribution >= 4 is 16.8 Å². The minimum absolute atomic E-state index is 0.159. The molecule has 1 amide bonds. The van der Waals surface area contributed by atoms with Gasteiger partial charge in [0, 0.05) is 29.8 Å². The van der Waals surface area contributed by atoms with Gasteiger partial charge in [-0.2, -0.15) is 0 Å². The standard InChI is InChI=1S/C17H18F2N2O/c1-10-2-4-13(5-3-10)21-17(22)11-6-14-15(19)7-12(18)8-16(14)20-9-11/h6-10,13H,2-5H2,1H3,(H,21,22). The lowest BCUT2D eigenvalue weighted by Crippen LogP contribution is -2.37. The number of benzene rings is 1. The number of nitrogens with zero attached hydrogens (tertiary/aromatic N) is 1. The number of carbonyl (C=O) groups excluding carboxylic acids is 1. The minimum atomic E-state index is -0.705. The second-order valence-corrected chi connectivity index (χ2v) is 6.11. The summed E-state index contributed by atoms with van der Waals surface area (Å²) in [6.45, 7) is 2.22. The molecule has 0 bridgehead atoms. The van der Waals surface area contributed by atoms with Gasteiger partial charge in [0.05, 0.1) is 11.1 Å². The SMILES string of the molecule is CC1CCC(NC(=O)c2cnc3cc(F)cc(F)c3c2)CC1. The van der Waals surface area contributed by atoms with E-state index in [1.807, 2.05) is 0 Å². The molecule has 2 aromatic rings. The van der Waals surface area contributed by atoms with Gasteiger partial charge in [-0.25, -0.2) is 8.78 Å². The van der Waals surface area contributed by atoms with Crippen LogP contribution >= 0.6 is 0 Å². The van der Waals surface area contributed by atoms with E-state index in [9.17, 15) is 13.6 Å². The molecule has 116 valence electrons. The Balaban J connectivity index is 1.79. The highest BCUT2D eigenvalue weighted by atomic mass is 19.1. The Labute approximate surface area is 127 Å². The first-order chi connectivity index (χ1) is 10.5. The zero-order valence-corrected chi connectivity index (χ0v) is 12.4. The van der Waals surface area contributed by atoms with Crippen LogP contribution in [0.15, 0.2) is 24.4 Å². The van der Waals surface area contributed by atoms with Crippen molar-refractivity contribution < 1.29 is 13.6 Å². The van der Waals surface area contributed by atoms with Crippen LogP contribution in [0.3, 0.4) is 0 Å². The van der Waals surface area contributed by atoms with Crippen molar-refractivity contribution in [2.45, 2.75) is 38.6 Å². The highest BCUT2D eigenvalue weighted by Crippen LogP contribution is 2.24. The summed E-state index contributed by atoms with van der Waals surface area (Å²) in [6.07, 6.45) is 5.51. The summed E-state index contributed by atoms with van der Waals surface area (Å²) < 4.78 is 26.9. The summed E-state index contributed by atoms with van der Waals surface area (Å²) in [5.74, 6) is -0.924. The average Bonchev–Trinajstić information content (AvgIpc) is 2.49. The van der Waals surface area contributed by atoms with Crippen molar-refractivity contribution in [3.05, 3.63) is 41.6 Å². The number of carbonyl (C=O) groups is 1. The Morgan fingerprint density at radius 3 is 2.64 bits per heavy atom. The fourth-order valence-electron chi connectivity index (χ4n) is 2.95. The molecule has 1 fully saturated rings. The van der Waals surface area contributed by atoms with Crippen molar-refractivity contribution in [1.82, 2.24) is 10.3 Å². The normalized spacial score (nSPS) is 21.8. The highest BCUT2D eigenvalue weighted by molar-refractivity contribution is 5.97. The molecule has 1 aliphatic rings. The summed E-state index contributed by atoms with van der Waals surface area (Å²) in [5, 5.41) is 3.13. The number of fused-ring (bicyclic) bond motifs is 1. The van der Waals surface area contributed by atoms with E-state index >= 15 is 0 Å². The van der Waals surface area contributed by atoms with Crippen LogP contribution in [0.1, 0.15) is 43.0 Å². The van der Waals surface area contributed by atoms with Crippen molar-refractivity contribution in [1.29, 1.82) is 0 Å². The van der Waals surface area contributed by atoms with E-state index in [1.165, 1.54) is 12.3 Å². The Morgan fingerprint density at radius 2 is 1.91 bits per heavy atom. The van der Waals surface area contributed by atoms with Crippen molar-refractivity contribution in [3.63, 3.8) is 0 Å². The van der Waals surface area contributed by atoms with Gasteiger partial charge in [0.25, 0.3) is 5.91 Å². The lowest BCUT2D eigenvalue weighted by atomic mass is 9.87. The number of halogens is 2. The Kier molecular flexibility index (Phi) is 4.05. The molecular weight excluding hydrogens is 286 g/mol. The molecule has 1 aliphatic carbocycles. The molecule has 22 heavy (non-hydrogen) atoms. The smallest absolute Gasteiger partial charge is 0.253 e. The van der Waals surface area contributed by atoms with Crippen molar-refractivity contribution in [2.75, 3.05) is 0 Å². The average molecular weight is 304 g/mol. The molecule has 5 heteroatoms. The predicted molar refractivity (Wildman–Crippen MR) is 80.5 cm³/mol. The lowest BCUT2D eigenvalue weighted by molar-refractivity contribution is 0.0923. The molecule has 0 saturated heterocycles. The fraction of sp³-hybridized carbons (Fsp3) is 0.412. The third-order valence-electron chi connectivity index (χ3n) is 4.33. The summed E-state index contributed by atoms with van der Waals surface area (Å²) in [7, 11) is 0. The number of hydrogen-bond donors (Lipinski definition) is 1. The third-order valence-corrected chi connectivity index (χ3v) is 4.33. The van der Waals surface area contributed by atoms with Gasteiger partial charge in [-0.1, -0.05) is 6.92 Å². The Morgan fingerprint density at radius 1 is 1.18 bits per heavy atom. The van der Waals surface area contributed by atoms with Crippen LogP contribution in [0.4, 0.5) is 8.78 Å². The largest absolute Gasteiger partial charge is 0.349 e. The second kappa shape index (κ2) is 5.99. The highest BCUT2D eigenvalue weighted by Gasteiger charge is 2.20. The molecule has 1 aromatic carbocycles. The Hall–Kier alpha value is -2.04. The molecule has 0 spiro atoms. The number of rotatable bonds is 2. The van der Waals surface area contributed by atoms with E-state index in [0.29, 0.717) is 11.5 Å². The number of aromatic nitrogens is 1. The minimum Gasteiger partial charge on any atom is -0.349 e. The van der Waals surface area contributed by atoms with Gasteiger partial charge in [-0.3, -0.25) is 9.78 Å². The maximum atomic E-state index is 13.8. The fourth-order valence-corrected chi connectivity index (χ4v) is 2.95. The third kappa shape index (κ3) is 3.08. The Bertz CT molecular complexity index is 709. The van der Waals surface area contributed by atoms with E-state index < -0.39 is 11.6 Å². The summed E-state index contributed by atoms with van der Waals surface area (Å²) >= 11 is 0. The van der Waals surface area contributed by atoms with E-state index in [4.69, 9.17) is 0 Å². The van der Waals surface area contributed by atoms with Crippen molar-refractivity contribution in [2.24, 2.45) is 5.92 Å². The molecule has 1 saturated carbocycles. The predicted octanol–water partition coefficient (Wildman–Crippen LogP) is 3.82. The maximum Gasteiger partial charge on any atom is 0.253 e. The molecule has 0 unspecified atom stereocenters. The van der Waals surface area contributed by atoms with E-state index in [2.05, 4.69) is 17.2 Å². The number of nitrogens with one attached hydrogen (secondary N) is 1. The second-order valence-electron chi connectivity index (χ2n) is 6.11. The van der Waals surface area contributed by atoms with Gasteiger partial charge in [0.2, 0.25) is 0 Å². The number of amides is 1. The van der Waals surface area contributed by atoms with Gasteiger partial charge >= 0.3 is 0 Å². The van der Waals surface area contributed by atoms with Crippen LogP contribution in [-0.4, -0.2) is 16.9 Å². The lowest BCUT2D eigenvalue weighted by Gasteiger charge is -2.26. The van der Waals surface area contributed by atoms with E-state index in [0.717, 1.165) is 37.8 Å². The maximum absolute atomic E-state index is 13.8. The van der Waals surface area contributed by atoms with Gasteiger partial charge < -0.3 is 5.32 Å². The first-order valence-electron chi connectivity index (χ1n) is 7.58. The van der Waals surface area contributed by atoms with Gasteiger partial charge in [0.15, 0.2) is 0 Å².